The van der Waals surface area contributed by atoms with Gasteiger partial charge in [-0.15, -0.1) is 11.3 Å². The number of carbonyl (C=O) groups excluding carboxylic acids is 1. The molecular weight excluding hydrogens is 287 g/mol. The number of amides is 1. The summed E-state index contributed by atoms with van der Waals surface area (Å²) < 4.78 is 13.5. The zero-order valence-electron chi connectivity index (χ0n) is 11.6. The molecule has 1 aliphatic rings. The third-order valence-corrected chi connectivity index (χ3v) is 4.89. The van der Waals surface area contributed by atoms with Crippen LogP contribution < -0.4 is 10.2 Å². The molecule has 1 fully saturated rings. The van der Waals surface area contributed by atoms with Gasteiger partial charge in [-0.25, -0.2) is 4.39 Å². The molecule has 5 heteroatoms. The van der Waals surface area contributed by atoms with Crippen molar-refractivity contribution in [3.05, 3.63) is 52.5 Å². The molecule has 1 aliphatic heterocycles. The molecule has 110 valence electrons. The highest BCUT2D eigenvalue weighted by Gasteiger charge is 2.32. The Bertz CT molecular complexity index is 614. The number of anilines is 1. The van der Waals surface area contributed by atoms with E-state index in [2.05, 4.69) is 22.8 Å². The molecule has 2 heterocycles. The fourth-order valence-electron chi connectivity index (χ4n) is 2.92. The number of hydrogen-bond acceptors (Lipinski definition) is 2. The molecule has 1 aromatic heterocycles. The van der Waals surface area contributed by atoms with Crippen molar-refractivity contribution in [2.24, 2.45) is 0 Å². The zero-order chi connectivity index (χ0) is 14.7. The highest BCUT2D eigenvalue weighted by molar-refractivity contribution is 7.10. The minimum absolute atomic E-state index is 0.126. The minimum Gasteiger partial charge on any atom is -0.320 e. The molecule has 1 unspecified atom stereocenters. The average molecular weight is 305 g/mol. The Labute approximate surface area is 127 Å². The maximum Gasteiger partial charge on any atom is 0.279 e. The monoisotopic (exact) mass is 305 g/mol. The Balaban J connectivity index is 1.63. The van der Waals surface area contributed by atoms with Gasteiger partial charge in [0.2, 0.25) is 0 Å². The van der Waals surface area contributed by atoms with Crippen LogP contribution in [0, 0.1) is 5.82 Å². The van der Waals surface area contributed by atoms with Crippen LogP contribution >= 0.6 is 11.3 Å². The summed E-state index contributed by atoms with van der Waals surface area (Å²) in [4.78, 5) is 14.7. The van der Waals surface area contributed by atoms with Gasteiger partial charge in [-0.2, -0.15) is 0 Å². The van der Waals surface area contributed by atoms with E-state index < -0.39 is 5.82 Å². The standard InChI is InChI=1S/C16H17FN2OS/c17-12-5-1-2-6-13(12)18-16(20)11-19-9-3-7-14(19)15-8-4-10-21-15/h1-2,4-6,8,10,14H,3,7,9,11H2,(H,18,20)/p+1/t14-/m0/s1. The van der Waals surface area contributed by atoms with Crippen molar-refractivity contribution >= 4 is 22.9 Å². The third-order valence-electron chi connectivity index (χ3n) is 3.91. The lowest BCUT2D eigenvalue weighted by molar-refractivity contribution is -0.910. The van der Waals surface area contributed by atoms with Gasteiger partial charge in [-0.3, -0.25) is 4.79 Å². The summed E-state index contributed by atoms with van der Waals surface area (Å²) in [5, 5.41) is 4.75. The summed E-state index contributed by atoms with van der Waals surface area (Å²) >= 11 is 1.74. The highest BCUT2D eigenvalue weighted by atomic mass is 32.1. The first-order valence-electron chi connectivity index (χ1n) is 7.16. The van der Waals surface area contributed by atoms with Gasteiger partial charge in [-0.1, -0.05) is 18.2 Å². The molecule has 3 rings (SSSR count). The molecule has 0 bridgehead atoms. The van der Waals surface area contributed by atoms with Crippen molar-refractivity contribution in [3.8, 4) is 0 Å². The van der Waals surface area contributed by atoms with E-state index in [4.69, 9.17) is 0 Å². The topological polar surface area (TPSA) is 33.5 Å². The van der Waals surface area contributed by atoms with E-state index in [1.807, 2.05) is 0 Å². The molecule has 0 aliphatic carbocycles. The van der Waals surface area contributed by atoms with Crippen LogP contribution in [0.15, 0.2) is 41.8 Å². The van der Waals surface area contributed by atoms with Crippen LogP contribution in [0.5, 0.6) is 0 Å². The maximum absolute atomic E-state index is 13.5. The van der Waals surface area contributed by atoms with Gasteiger partial charge in [-0.05, 0) is 23.6 Å². The molecule has 2 aromatic rings. The first-order chi connectivity index (χ1) is 10.2. The van der Waals surface area contributed by atoms with Gasteiger partial charge in [0.15, 0.2) is 6.54 Å². The second-order valence-electron chi connectivity index (χ2n) is 5.32. The number of nitrogens with one attached hydrogen (secondary N) is 2. The van der Waals surface area contributed by atoms with Crippen molar-refractivity contribution in [2.45, 2.75) is 18.9 Å². The summed E-state index contributed by atoms with van der Waals surface area (Å²) in [6.45, 7) is 1.38. The lowest BCUT2D eigenvalue weighted by Crippen LogP contribution is -3.11. The number of quaternary nitrogens is 1. The first-order valence-corrected chi connectivity index (χ1v) is 8.04. The lowest BCUT2D eigenvalue weighted by atomic mass is 10.2. The molecule has 1 aromatic carbocycles. The maximum atomic E-state index is 13.5. The number of rotatable bonds is 4. The van der Waals surface area contributed by atoms with Crippen molar-refractivity contribution < 1.29 is 14.1 Å². The molecule has 1 saturated heterocycles. The van der Waals surface area contributed by atoms with Crippen LogP contribution in [0.1, 0.15) is 23.8 Å². The fourth-order valence-corrected chi connectivity index (χ4v) is 3.84. The van der Waals surface area contributed by atoms with E-state index in [1.165, 1.54) is 15.8 Å². The van der Waals surface area contributed by atoms with E-state index in [0.29, 0.717) is 12.6 Å². The number of likely N-dealkylation sites (tertiary alicyclic amines) is 1. The van der Waals surface area contributed by atoms with Gasteiger partial charge >= 0.3 is 0 Å². The third kappa shape index (κ3) is 3.31. The van der Waals surface area contributed by atoms with Crippen LogP contribution in [0.4, 0.5) is 10.1 Å². The molecule has 0 spiro atoms. The van der Waals surface area contributed by atoms with Crippen molar-refractivity contribution in [1.29, 1.82) is 0 Å². The van der Waals surface area contributed by atoms with E-state index in [1.54, 1.807) is 29.5 Å². The predicted octanol–water partition coefficient (Wildman–Crippen LogP) is 2.25. The number of hydrogen-bond donors (Lipinski definition) is 2. The smallest absolute Gasteiger partial charge is 0.279 e. The van der Waals surface area contributed by atoms with Crippen molar-refractivity contribution in [3.63, 3.8) is 0 Å². The first kappa shape index (κ1) is 14.2. The average Bonchev–Trinajstić information content (AvgIpc) is 3.11. The SMILES string of the molecule is O=C(C[NH+]1CCC[C@H]1c1cccs1)Nc1ccccc1F. The molecule has 3 nitrogen and oxygen atoms in total. The Morgan fingerprint density at radius 3 is 2.95 bits per heavy atom. The number of halogens is 1. The van der Waals surface area contributed by atoms with E-state index in [9.17, 15) is 9.18 Å². The molecule has 1 amide bonds. The van der Waals surface area contributed by atoms with Crippen LogP contribution in [0.25, 0.3) is 0 Å². The molecule has 21 heavy (non-hydrogen) atoms. The molecular formula is C16H18FN2OS+. The predicted molar refractivity (Wildman–Crippen MR) is 82.0 cm³/mol. The summed E-state index contributed by atoms with van der Waals surface area (Å²) in [6.07, 6.45) is 2.24. The molecule has 2 atom stereocenters. The Morgan fingerprint density at radius 2 is 2.19 bits per heavy atom. The second kappa shape index (κ2) is 6.37. The fraction of sp³-hybridized carbons (Fsp3) is 0.312. The Kier molecular flexibility index (Phi) is 4.31. The minimum atomic E-state index is -0.392. The Morgan fingerprint density at radius 1 is 1.33 bits per heavy atom. The largest absolute Gasteiger partial charge is 0.320 e. The quantitative estimate of drug-likeness (QED) is 0.892. The van der Waals surface area contributed by atoms with Gasteiger partial charge in [0.05, 0.1) is 17.1 Å². The lowest BCUT2D eigenvalue weighted by Gasteiger charge is -2.20. The zero-order valence-corrected chi connectivity index (χ0v) is 12.5. The number of thiophene rings is 1. The second-order valence-corrected chi connectivity index (χ2v) is 6.30. The van der Waals surface area contributed by atoms with Crippen LogP contribution in [-0.2, 0) is 4.79 Å². The summed E-state index contributed by atoms with van der Waals surface area (Å²) in [6, 6.07) is 10.9. The molecule has 2 N–H and O–H groups in total. The number of carbonyl (C=O) groups is 1. The summed E-state index contributed by atoms with van der Waals surface area (Å²) in [5.41, 5.74) is 0.258. The van der Waals surface area contributed by atoms with E-state index >= 15 is 0 Å². The Hall–Kier alpha value is -1.72. The van der Waals surface area contributed by atoms with Crippen LogP contribution in [-0.4, -0.2) is 19.0 Å². The van der Waals surface area contributed by atoms with Crippen molar-refractivity contribution in [2.75, 3.05) is 18.4 Å². The molecule has 0 saturated carbocycles. The van der Waals surface area contributed by atoms with E-state index in [0.717, 1.165) is 19.4 Å². The van der Waals surface area contributed by atoms with Gasteiger partial charge in [0.25, 0.3) is 5.91 Å². The van der Waals surface area contributed by atoms with Crippen molar-refractivity contribution in [1.82, 2.24) is 0 Å². The number of benzene rings is 1. The van der Waals surface area contributed by atoms with Gasteiger partial charge < -0.3 is 10.2 Å². The van der Waals surface area contributed by atoms with E-state index in [-0.39, 0.29) is 11.6 Å². The summed E-state index contributed by atoms with van der Waals surface area (Å²) in [7, 11) is 0. The van der Waals surface area contributed by atoms with Gasteiger partial charge in [0, 0.05) is 12.8 Å². The molecule has 0 radical (unpaired) electrons. The van der Waals surface area contributed by atoms with Gasteiger partial charge in [0.1, 0.15) is 11.9 Å². The number of para-hydroxylation sites is 1. The van der Waals surface area contributed by atoms with Crippen LogP contribution in [0.3, 0.4) is 0 Å². The van der Waals surface area contributed by atoms with Crippen LogP contribution in [0.2, 0.25) is 0 Å². The highest BCUT2D eigenvalue weighted by Crippen LogP contribution is 2.23. The normalized spacial score (nSPS) is 21.4. The summed E-state index contributed by atoms with van der Waals surface area (Å²) in [5.74, 6) is -0.518.